The van der Waals surface area contributed by atoms with E-state index in [4.69, 9.17) is 32.0 Å². The van der Waals surface area contributed by atoms with Crippen LogP contribution in [0.25, 0.3) is 0 Å². The molecule has 0 amide bonds. The average molecular weight is 476 g/mol. The molecule has 0 aliphatic rings. The van der Waals surface area contributed by atoms with Gasteiger partial charge in [0, 0.05) is 45.1 Å². The number of aliphatic hydroxyl groups excluding tert-OH is 3. The first-order chi connectivity index (χ1) is 13.4. The van der Waals surface area contributed by atoms with Crippen LogP contribution in [0.3, 0.4) is 0 Å². The van der Waals surface area contributed by atoms with E-state index in [1.807, 2.05) is 30.3 Å². The molecule has 5 nitrogen and oxygen atoms in total. The van der Waals surface area contributed by atoms with E-state index < -0.39 is 5.97 Å². The minimum absolute atomic E-state index is 0. The van der Waals surface area contributed by atoms with Gasteiger partial charge in [0.1, 0.15) is 0 Å². The summed E-state index contributed by atoms with van der Waals surface area (Å²) in [5.41, 5.74) is 0.766. The summed E-state index contributed by atoms with van der Waals surface area (Å²) in [6.07, 6.45) is -0.447. The molecule has 0 saturated carbocycles. The summed E-state index contributed by atoms with van der Waals surface area (Å²) >= 11 is 5.60. The number of aliphatic hydroxyl groups is 3. The normalized spacial score (nSPS) is 8.70. The van der Waals surface area contributed by atoms with Gasteiger partial charge < -0.3 is 20.4 Å². The second kappa shape index (κ2) is 25.8. The SMILES string of the molecule is CC(C)O.CC(C)O.CC(C)O.O=C(O)Cc1ccc(Cl)cc1.[Ti].[c-]1ccccc1. The monoisotopic (exact) mass is 475 g/mol. The quantitative estimate of drug-likeness (QED) is 0.375. The van der Waals surface area contributed by atoms with Crippen molar-refractivity contribution in [2.75, 3.05) is 0 Å². The van der Waals surface area contributed by atoms with Crippen LogP contribution in [0.1, 0.15) is 47.1 Å². The second-order valence-electron chi connectivity index (χ2n) is 6.56. The molecule has 0 bridgehead atoms. The minimum atomic E-state index is -0.827. The van der Waals surface area contributed by atoms with Gasteiger partial charge in [-0.05, 0) is 59.2 Å². The van der Waals surface area contributed by atoms with Crippen LogP contribution in [0.15, 0.2) is 54.6 Å². The topological polar surface area (TPSA) is 98.0 Å². The minimum Gasteiger partial charge on any atom is -0.481 e. The third kappa shape index (κ3) is 50.5. The summed E-state index contributed by atoms with van der Waals surface area (Å²) in [5, 5.41) is 33.2. The van der Waals surface area contributed by atoms with Gasteiger partial charge in [-0.2, -0.15) is 36.4 Å². The van der Waals surface area contributed by atoms with Crippen LogP contribution in [0, 0.1) is 6.07 Å². The van der Waals surface area contributed by atoms with Gasteiger partial charge in [0.05, 0.1) is 6.42 Å². The number of aliphatic carboxylic acids is 1. The molecule has 0 aliphatic carbocycles. The molecule has 4 N–H and O–H groups in total. The number of carbonyl (C=O) groups is 1. The molecular formula is C23H36ClO5Ti-. The van der Waals surface area contributed by atoms with Gasteiger partial charge in [-0.15, -0.1) is 0 Å². The first-order valence-electron chi connectivity index (χ1n) is 9.29. The fourth-order valence-corrected chi connectivity index (χ4v) is 1.24. The zero-order valence-corrected chi connectivity index (χ0v) is 21.0. The summed E-state index contributed by atoms with van der Waals surface area (Å²) in [6.45, 7) is 10.3. The van der Waals surface area contributed by atoms with E-state index in [-0.39, 0.29) is 46.5 Å². The van der Waals surface area contributed by atoms with Crippen LogP contribution >= 0.6 is 11.6 Å². The number of carboxylic acids is 1. The Bertz CT molecular complexity index is 527. The maximum atomic E-state index is 10.2. The zero-order valence-electron chi connectivity index (χ0n) is 18.7. The molecule has 170 valence electrons. The molecule has 0 spiro atoms. The van der Waals surface area contributed by atoms with E-state index in [2.05, 4.69) is 6.07 Å². The van der Waals surface area contributed by atoms with Gasteiger partial charge in [0.2, 0.25) is 0 Å². The Morgan fingerprint density at radius 3 is 1.37 bits per heavy atom. The average Bonchev–Trinajstić information content (AvgIpc) is 2.57. The largest absolute Gasteiger partial charge is 0.481 e. The van der Waals surface area contributed by atoms with Crippen molar-refractivity contribution in [3.05, 3.63) is 71.2 Å². The van der Waals surface area contributed by atoms with Crippen LogP contribution < -0.4 is 0 Å². The van der Waals surface area contributed by atoms with E-state index in [0.717, 1.165) is 5.56 Å². The van der Waals surface area contributed by atoms with Crippen molar-refractivity contribution < 1.29 is 46.9 Å². The Hall–Kier alpha value is -1.21. The van der Waals surface area contributed by atoms with Gasteiger partial charge in [0.15, 0.2) is 0 Å². The molecular weight excluding hydrogens is 440 g/mol. The maximum absolute atomic E-state index is 10.2. The molecule has 0 atom stereocenters. The van der Waals surface area contributed by atoms with Gasteiger partial charge in [-0.25, -0.2) is 0 Å². The van der Waals surface area contributed by atoms with Crippen LogP contribution in [0.2, 0.25) is 5.02 Å². The Morgan fingerprint density at radius 1 is 0.833 bits per heavy atom. The number of carboxylic acid groups (broad SMARTS) is 1. The Balaban J connectivity index is -0.000000153. The molecule has 2 aromatic rings. The third-order valence-corrected chi connectivity index (χ3v) is 2.13. The van der Waals surface area contributed by atoms with Gasteiger partial charge >= 0.3 is 5.97 Å². The first kappa shape index (κ1) is 36.2. The fraction of sp³-hybridized carbons (Fsp3) is 0.435. The summed E-state index contributed by atoms with van der Waals surface area (Å²) in [4.78, 5) is 10.2. The number of benzene rings is 2. The first-order valence-corrected chi connectivity index (χ1v) is 9.67. The van der Waals surface area contributed by atoms with Gasteiger partial charge in [-0.3, -0.25) is 4.79 Å². The molecule has 0 unspecified atom stereocenters. The van der Waals surface area contributed by atoms with Crippen LogP contribution in [0.4, 0.5) is 0 Å². The van der Waals surface area contributed by atoms with Crippen LogP contribution in [-0.4, -0.2) is 44.7 Å². The predicted molar refractivity (Wildman–Crippen MR) is 120 cm³/mol. The zero-order chi connectivity index (χ0) is 23.2. The van der Waals surface area contributed by atoms with E-state index in [1.165, 1.54) is 0 Å². The second-order valence-corrected chi connectivity index (χ2v) is 6.99. The van der Waals surface area contributed by atoms with Gasteiger partial charge in [0.25, 0.3) is 0 Å². The van der Waals surface area contributed by atoms with Crippen molar-refractivity contribution in [3.63, 3.8) is 0 Å². The van der Waals surface area contributed by atoms with Crippen LogP contribution in [-0.2, 0) is 32.9 Å². The standard InChI is InChI=1S/C8H7ClO2.C6H5.3C3H8O.Ti/c9-7-3-1-6(2-4-7)5-8(10)11;1-2-4-6-5-3-1;3*1-3(2)4;/h1-4H,5H2,(H,10,11);1-5H;3*3-4H,1-2H3;/q;-1;;;;. The van der Waals surface area contributed by atoms with Crippen molar-refractivity contribution in [2.45, 2.75) is 66.3 Å². The fourth-order valence-electron chi connectivity index (χ4n) is 1.12. The summed E-state index contributed by atoms with van der Waals surface area (Å²) in [7, 11) is 0. The Labute approximate surface area is 201 Å². The Kier molecular flexibility index (Phi) is 31.2. The number of halogens is 1. The molecule has 7 heteroatoms. The van der Waals surface area contributed by atoms with Crippen molar-refractivity contribution >= 4 is 17.6 Å². The molecule has 0 aromatic heterocycles. The van der Waals surface area contributed by atoms with E-state index in [0.29, 0.717) is 5.02 Å². The summed E-state index contributed by atoms with van der Waals surface area (Å²) < 4.78 is 0. The van der Waals surface area contributed by atoms with E-state index in [9.17, 15) is 4.79 Å². The molecule has 2 aromatic carbocycles. The van der Waals surface area contributed by atoms with Crippen LogP contribution in [0.5, 0.6) is 0 Å². The third-order valence-electron chi connectivity index (χ3n) is 1.88. The maximum Gasteiger partial charge on any atom is 0.307 e. The van der Waals surface area contributed by atoms with Crippen molar-refractivity contribution in [2.24, 2.45) is 0 Å². The predicted octanol–water partition coefficient (Wildman–Crippen LogP) is 4.61. The van der Waals surface area contributed by atoms with Crippen molar-refractivity contribution in [1.29, 1.82) is 0 Å². The van der Waals surface area contributed by atoms with Gasteiger partial charge in [-0.1, -0.05) is 23.7 Å². The van der Waals surface area contributed by atoms with Crippen molar-refractivity contribution in [1.82, 2.24) is 0 Å². The van der Waals surface area contributed by atoms with Crippen molar-refractivity contribution in [3.8, 4) is 0 Å². The molecule has 0 heterocycles. The molecule has 0 radical (unpaired) electrons. The summed E-state index contributed by atoms with van der Waals surface area (Å²) in [6, 6.07) is 19.3. The van der Waals surface area contributed by atoms with E-state index >= 15 is 0 Å². The molecule has 0 saturated heterocycles. The molecule has 0 fully saturated rings. The smallest absolute Gasteiger partial charge is 0.307 e. The number of rotatable bonds is 2. The Morgan fingerprint density at radius 2 is 1.17 bits per heavy atom. The molecule has 2 rings (SSSR count). The molecule has 30 heavy (non-hydrogen) atoms. The number of hydrogen-bond acceptors (Lipinski definition) is 4. The number of hydrogen-bond donors (Lipinski definition) is 4. The van der Waals surface area contributed by atoms with E-state index in [1.54, 1.807) is 65.8 Å². The summed E-state index contributed by atoms with van der Waals surface area (Å²) in [5.74, 6) is -0.827. The molecule has 0 aliphatic heterocycles.